The van der Waals surface area contributed by atoms with Gasteiger partial charge in [-0.1, -0.05) is 5.21 Å². The Bertz CT molecular complexity index is 480. The fourth-order valence-electron chi connectivity index (χ4n) is 2.93. The summed E-state index contributed by atoms with van der Waals surface area (Å²) in [5.74, 6) is -0.162. The standard InChI is InChI=1S/C13H19N3O2/c1-12(2,11(17)18)10-8-16(15-14-10)7-9-5-13(6-9)3-4-13/h8-9H,3-7H2,1-2H3,(H,17,18). The van der Waals surface area contributed by atoms with Crippen molar-refractivity contribution in [2.75, 3.05) is 0 Å². The van der Waals surface area contributed by atoms with Gasteiger partial charge >= 0.3 is 5.97 Å². The van der Waals surface area contributed by atoms with Gasteiger partial charge in [-0.15, -0.1) is 5.10 Å². The molecule has 2 aliphatic rings. The van der Waals surface area contributed by atoms with Crippen molar-refractivity contribution >= 4 is 5.97 Å². The maximum atomic E-state index is 11.1. The predicted molar refractivity (Wildman–Crippen MR) is 65.1 cm³/mol. The van der Waals surface area contributed by atoms with Crippen LogP contribution in [0.1, 0.15) is 45.2 Å². The van der Waals surface area contributed by atoms with Crippen LogP contribution in [0.5, 0.6) is 0 Å². The van der Waals surface area contributed by atoms with E-state index in [-0.39, 0.29) is 0 Å². The van der Waals surface area contributed by atoms with E-state index in [9.17, 15) is 4.79 Å². The lowest BCUT2D eigenvalue weighted by Crippen LogP contribution is -2.29. The van der Waals surface area contributed by atoms with Crippen molar-refractivity contribution in [3.63, 3.8) is 0 Å². The van der Waals surface area contributed by atoms with Gasteiger partial charge in [-0.05, 0) is 50.9 Å². The van der Waals surface area contributed by atoms with Gasteiger partial charge in [0.15, 0.2) is 0 Å². The number of aliphatic carboxylic acids is 1. The van der Waals surface area contributed by atoms with E-state index in [1.165, 1.54) is 25.7 Å². The Labute approximate surface area is 106 Å². The topological polar surface area (TPSA) is 68.0 Å². The van der Waals surface area contributed by atoms with Gasteiger partial charge in [-0.2, -0.15) is 0 Å². The summed E-state index contributed by atoms with van der Waals surface area (Å²) < 4.78 is 1.81. The fourth-order valence-corrected chi connectivity index (χ4v) is 2.93. The first-order valence-electron chi connectivity index (χ1n) is 6.55. The lowest BCUT2D eigenvalue weighted by molar-refractivity contribution is -0.142. The molecule has 2 aliphatic carbocycles. The molecule has 0 aliphatic heterocycles. The molecule has 5 heteroatoms. The average Bonchev–Trinajstić information content (AvgIpc) is 2.88. The molecule has 1 aromatic heterocycles. The van der Waals surface area contributed by atoms with Crippen molar-refractivity contribution in [3.8, 4) is 0 Å². The molecule has 0 aromatic carbocycles. The molecule has 0 saturated heterocycles. The van der Waals surface area contributed by atoms with Gasteiger partial charge in [-0.3, -0.25) is 9.48 Å². The highest BCUT2D eigenvalue weighted by Gasteiger charge is 2.52. The Hall–Kier alpha value is -1.39. The van der Waals surface area contributed by atoms with E-state index in [0.717, 1.165) is 6.54 Å². The van der Waals surface area contributed by atoms with Crippen molar-refractivity contribution in [1.82, 2.24) is 15.0 Å². The average molecular weight is 249 g/mol. The molecule has 1 aromatic rings. The molecule has 0 bridgehead atoms. The Kier molecular flexibility index (Phi) is 2.31. The molecule has 3 rings (SSSR count). The first-order valence-corrected chi connectivity index (χ1v) is 6.55. The van der Waals surface area contributed by atoms with Gasteiger partial charge in [0.25, 0.3) is 0 Å². The number of nitrogens with zero attached hydrogens (tertiary/aromatic N) is 3. The monoisotopic (exact) mass is 249 g/mol. The fraction of sp³-hybridized carbons (Fsp3) is 0.769. The third-order valence-corrected chi connectivity index (χ3v) is 4.56. The lowest BCUT2D eigenvalue weighted by Gasteiger charge is -2.35. The van der Waals surface area contributed by atoms with Crippen LogP contribution in [0, 0.1) is 11.3 Å². The summed E-state index contributed by atoms with van der Waals surface area (Å²) >= 11 is 0. The van der Waals surface area contributed by atoms with E-state index < -0.39 is 11.4 Å². The smallest absolute Gasteiger partial charge is 0.315 e. The second-order valence-corrected chi connectivity index (χ2v) is 6.53. The van der Waals surface area contributed by atoms with Gasteiger partial charge in [0, 0.05) is 12.7 Å². The first kappa shape index (κ1) is 11.7. The normalized spacial score (nSPS) is 21.9. The van der Waals surface area contributed by atoms with E-state index in [1.54, 1.807) is 24.7 Å². The summed E-state index contributed by atoms with van der Waals surface area (Å²) in [6, 6.07) is 0. The Balaban J connectivity index is 1.64. The number of carboxylic acids is 1. The Morgan fingerprint density at radius 3 is 2.78 bits per heavy atom. The Morgan fingerprint density at radius 1 is 1.56 bits per heavy atom. The molecule has 98 valence electrons. The molecule has 2 fully saturated rings. The molecular formula is C13H19N3O2. The molecule has 1 heterocycles. The van der Waals surface area contributed by atoms with Gasteiger partial charge < -0.3 is 5.11 Å². The summed E-state index contributed by atoms with van der Waals surface area (Å²) in [6.45, 7) is 4.20. The van der Waals surface area contributed by atoms with Gasteiger partial charge in [0.1, 0.15) is 5.41 Å². The summed E-state index contributed by atoms with van der Waals surface area (Å²) in [4.78, 5) is 11.1. The van der Waals surface area contributed by atoms with E-state index in [0.29, 0.717) is 17.0 Å². The molecule has 0 amide bonds. The number of hydrogen-bond acceptors (Lipinski definition) is 3. The van der Waals surface area contributed by atoms with Gasteiger partial charge in [-0.25, -0.2) is 0 Å². The summed E-state index contributed by atoms with van der Waals surface area (Å²) in [5, 5.41) is 17.2. The summed E-state index contributed by atoms with van der Waals surface area (Å²) in [7, 11) is 0. The maximum Gasteiger partial charge on any atom is 0.315 e. The zero-order valence-electron chi connectivity index (χ0n) is 10.9. The molecular weight excluding hydrogens is 230 g/mol. The Morgan fingerprint density at radius 2 is 2.22 bits per heavy atom. The number of carbonyl (C=O) groups is 1. The molecule has 0 radical (unpaired) electrons. The van der Waals surface area contributed by atoms with E-state index in [2.05, 4.69) is 10.3 Å². The minimum Gasteiger partial charge on any atom is -0.481 e. The molecule has 2 saturated carbocycles. The van der Waals surface area contributed by atoms with E-state index >= 15 is 0 Å². The van der Waals surface area contributed by atoms with Crippen molar-refractivity contribution in [2.24, 2.45) is 11.3 Å². The minimum absolute atomic E-state index is 0.537. The first-order chi connectivity index (χ1) is 8.41. The number of aromatic nitrogens is 3. The second kappa shape index (κ2) is 3.56. The highest BCUT2D eigenvalue weighted by Crippen LogP contribution is 2.63. The van der Waals surface area contributed by atoms with Crippen LogP contribution in [0.25, 0.3) is 0 Å². The molecule has 0 unspecified atom stereocenters. The molecule has 1 spiro atoms. The highest BCUT2D eigenvalue weighted by molar-refractivity contribution is 5.79. The van der Waals surface area contributed by atoms with Crippen molar-refractivity contribution in [2.45, 2.75) is 51.5 Å². The summed E-state index contributed by atoms with van der Waals surface area (Å²) in [6.07, 6.45) is 7.21. The highest BCUT2D eigenvalue weighted by atomic mass is 16.4. The van der Waals surface area contributed by atoms with Gasteiger partial charge in [0.05, 0.1) is 5.69 Å². The van der Waals surface area contributed by atoms with Crippen LogP contribution < -0.4 is 0 Å². The molecule has 5 nitrogen and oxygen atoms in total. The predicted octanol–water partition coefficient (Wildman–Crippen LogP) is 1.83. The van der Waals surface area contributed by atoms with Crippen LogP contribution in [0.15, 0.2) is 6.20 Å². The summed E-state index contributed by atoms with van der Waals surface area (Å²) in [5.41, 5.74) is 0.278. The van der Waals surface area contributed by atoms with E-state index in [4.69, 9.17) is 5.11 Å². The second-order valence-electron chi connectivity index (χ2n) is 6.53. The molecule has 0 atom stereocenters. The maximum absolute atomic E-state index is 11.1. The van der Waals surface area contributed by atoms with Gasteiger partial charge in [0.2, 0.25) is 0 Å². The number of rotatable bonds is 4. The van der Waals surface area contributed by atoms with Crippen molar-refractivity contribution in [3.05, 3.63) is 11.9 Å². The van der Waals surface area contributed by atoms with Crippen LogP contribution >= 0.6 is 0 Å². The minimum atomic E-state index is -0.963. The molecule has 18 heavy (non-hydrogen) atoms. The van der Waals surface area contributed by atoms with Crippen LogP contribution in [0.3, 0.4) is 0 Å². The third-order valence-electron chi connectivity index (χ3n) is 4.56. The lowest BCUT2D eigenvalue weighted by atomic mass is 9.72. The van der Waals surface area contributed by atoms with Crippen molar-refractivity contribution < 1.29 is 9.90 Å². The molecule has 1 N–H and O–H groups in total. The SMILES string of the molecule is CC(C)(C(=O)O)c1cn(CC2CC3(CC3)C2)nn1. The number of carboxylic acid groups (broad SMARTS) is 1. The van der Waals surface area contributed by atoms with Crippen LogP contribution in [-0.2, 0) is 16.8 Å². The van der Waals surface area contributed by atoms with E-state index in [1.807, 2.05) is 0 Å². The third kappa shape index (κ3) is 1.82. The van der Waals surface area contributed by atoms with Crippen LogP contribution in [-0.4, -0.2) is 26.1 Å². The van der Waals surface area contributed by atoms with Crippen LogP contribution in [0.4, 0.5) is 0 Å². The van der Waals surface area contributed by atoms with Crippen LogP contribution in [0.2, 0.25) is 0 Å². The zero-order valence-corrected chi connectivity index (χ0v) is 10.9. The van der Waals surface area contributed by atoms with Crippen molar-refractivity contribution in [1.29, 1.82) is 0 Å². The number of hydrogen-bond donors (Lipinski definition) is 1. The quantitative estimate of drug-likeness (QED) is 0.884. The largest absolute Gasteiger partial charge is 0.481 e. The zero-order chi connectivity index (χ0) is 13.0.